The third-order valence-electron chi connectivity index (χ3n) is 4.00. The van der Waals surface area contributed by atoms with Gasteiger partial charge >= 0.3 is 0 Å². The van der Waals surface area contributed by atoms with E-state index >= 15 is 0 Å². The molecule has 3 heterocycles. The highest BCUT2D eigenvalue weighted by Crippen LogP contribution is 2.27. The lowest BCUT2D eigenvalue weighted by Crippen LogP contribution is -2.36. The molecule has 0 spiro atoms. The standard InChI is InChI=1S/C13H17N5O2/c19-11-9-3-1-2-4-10(9)14-12-15-13(16-18(11)12)17-5-7-20-8-6-17/h19H,1-8H2/p-1. The molecule has 0 N–H and O–H groups in total. The van der Waals surface area contributed by atoms with Crippen LogP contribution in [0.25, 0.3) is 5.78 Å². The van der Waals surface area contributed by atoms with E-state index < -0.39 is 0 Å². The maximum atomic E-state index is 12.4. The van der Waals surface area contributed by atoms with Gasteiger partial charge in [0.1, 0.15) is 0 Å². The second-order valence-corrected chi connectivity index (χ2v) is 5.27. The zero-order valence-corrected chi connectivity index (χ0v) is 11.2. The third kappa shape index (κ3) is 1.81. The van der Waals surface area contributed by atoms with Gasteiger partial charge in [0.2, 0.25) is 5.95 Å². The van der Waals surface area contributed by atoms with Gasteiger partial charge in [0.15, 0.2) is 0 Å². The minimum Gasteiger partial charge on any atom is -0.858 e. The van der Waals surface area contributed by atoms with Crippen molar-refractivity contribution < 1.29 is 9.84 Å². The Morgan fingerprint density at radius 2 is 1.85 bits per heavy atom. The minimum absolute atomic E-state index is 0.0447. The van der Waals surface area contributed by atoms with Crippen LogP contribution in [0.4, 0.5) is 5.95 Å². The van der Waals surface area contributed by atoms with Crippen LogP contribution < -0.4 is 10.0 Å². The first-order valence-corrected chi connectivity index (χ1v) is 7.11. The molecule has 20 heavy (non-hydrogen) atoms. The number of anilines is 1. The van der Waals surface area contributed by atoms with Crippen molar-refractivity contribution >= 4 is 11.7 Å². The molecule has 2 aromatic heterocycles. The maximum Gasteiger partial charge on any atom is 0.253 e. The molecule has 1 fully saturated rings. The molecule has 0 aromatic carbocycles. The number of rotatable bonds is 1. The van der Waals surface area contributed by atoms with Crippen LogP contribution in [-0.4, -0.2) is 45.9 Å². The summed E-state index contributed by atoms with van der Waals surface area (Å²) in [4.78, 5) is 11.0. The van der Waals surface area contributed by atoms with E-state index in [2.05, 4.69) is 15.1 Å². The monoisotopic (exact) mass is 274 g/mol. The van der Waals surface area contributed by atoms with Gasteiger partial charge in [0, 0.05) is 18.8 Å². The van der Waals surface area contributed by atoms with E-state index in [1.165, 1.54) is 4.52 Å². The minimum atomic E-state index is -0.0447. The van der Waals surface area contributed by atoms with Crippen molar-refractivity contribution in [1.29, 1.82) is 0 Å². The van der Waals surface area contributed by atoms with Crippen molar-refractivity contribution in [3.63, 3.8) is 0 Å². The Kier molecular flexibility index (Phi) is 2.73. The van der Waals surface area contributed by atoms with E-state index in [1.54, 1.807) is 0 Å². The molecule has 2 aliphatic rings. The van der Waals surface area contributed by atoms with Crippen LogP contribution in [0.3, 0.4) is 0 Å². The number of morpholine rings is 1. The SMILES string of the molecule is [O-]c1c2c(nc3nc(N4CCOCC4)nn13)CCCC2. The lowest BCUT2D eigenvalue weighted by molar-refractivity contribution is -0.278. The molecule has 1 aliphatic heterocycles. The molecule has 0 unspecified atom stereocenters. The highest BCUT2D eigenvalue weighted by molar-refractivity contribution is 5.46. The fourth-order valence-corrected chi connectivity index (χ4v) is 2.89. The van der Waals surface area contributed by atoms with Gasteiger partial charge in [-0.1, -0.05) is 0 Å². The van der Waals surface area contributed by atoms with Crippen LogP contribution in [0.1, 0.15) is 24.1 Å². The summed E-state index contributed by atoms with van der Waals surface area (Å²) in [6.07, 6.45) is 3.84. The second-order valence-electron chi connectivity index (χ2n) is 5.27. The summed E-state index contributed by atoms with van der Waals surface area (Å²) in [6, 6.07) is 0. The van der Waals surface area contributed by atoms with E-state index in [0.717, 1.165) is 50.0 Å². The Bertz CT molecular complexity index is 648. The van der Waals surface area contributed by atoms with E-state index in [9.17, 15) is 5.11 Å². The molecule has 2 aromatic rings. The first-order chi connectivity index (χ1) is 9.83. The molecule has 1 aliphatic carbocycles. The fraction of sp³-hybridized carbons (Fsp3) is 0.615. The Labute approximate surface area is 116 Å². The smallest absolute Gasteiger partial charge is 0.253 e. The van der Waals surface area contributed by atoms with Crippen LogP contribution in [0.5, 0.6) is 5.88 Å². The van der Waals surface area contributed by atoms with Gasteiger partial charge < -0.3 is 14.7 Å². The molecule has 0 radical (unpaired) electrons. The average molecular weight is 274 g/mol. The molecule has 4 rings (SSSR count). The van der Waals surface area contributed by atoms with Crippen molar-refractivity contribution in [1.82, 2.24) is 19.6 Å². The first-order valence-electron chi connectivity index (χ1n) is 7.11. The second kappa shape index (κ2) is 4.59. The van der Waals surface area contributed by atoms with Crippen LogP contribution in [0.2, 0.25) is 0 Å². The molecule has 0 saturated carbocycles. The third-order valence-corrected chi connectivity index (χ3v) is 4.00. The highest BCUT2D eigenvalue weighted by atomic mass is 16.5. The van der Waals surface area contributed by atoms with E-state index in [4.69, 9.17) is 4.74 Å². The zero-order chi connectivity index (χ0) is 13.5. The predicted molar refractivity (Wildman–Crippen MR) is 69.9 cm³/mol. The Morgan fingerprint density at radius 1 is 1.05 bits per heavy atom. The predicted octanol–water partition coefficient (Wildman–Crippen LogP) is -0.0867. The Hall–Kier alpha value is -1.89. The molecule has 106 valence electrons. The van der Waals surface area contributed by atoms with E-state index in [0.29, 0.717) is 24.9 Å². The molecule has 7 nitrogen and oxygen atoms in total. The van der Waals surface area contributed by atoms with Gasteiger partial charge in [-0.05, 0) is 37.1 Å². The van der Waals surface area contributed by atoms with Crippen LogP contribution in [0, 0.1) is 0 Å². The average Bonchev–Trinajstić information content (AvgIpc) is 2.93. The number of aryl methyl sites for hydroxylation is 1. The summed E-state index contributed by atoms with van der Waals surface area (Å²) < 4.78 is 6.68. The molecule has 0 amide bonds. The van der Waals surface area contributed by atoms with Crippen LogP contribution >= 0.6 is 0 Å². The summed E-state index contributed by atoms with van der Waals surface area (Å²) in [5.74, 6) is 0.967. The maximum absolute atomic E-state index is 12.4. The summed E-state index contributed by atoms with van der Waals surface area (Å²) in [7, 11) is 0. The number of ether oxygens (including phenoxy) is 1. The van der Waals surface area contributed by atoms with Crippen molar-refractivity contribution in [2.45, 2.75) is 25.7 Å². The number of fused-ring (bicyclic) bond motifs is 2. The molecular weight excluding hydrogens is 258 g/mol. The molecular formula is C13H16N5O2-. The van der Waals surface area contributed by atoms with Crippen molar-refractivity contribution in [2.75, 3.05) is 31.2 Å². The quantitative estimate of drug-likeness (QED) is 0.723. The normalized spacial score (nSPS) is 19.3. The van der Waals surface area contributed by atoms with Gasteiger partial charge in [0.25, 0.3) is 5.78 Å². The zero-order valence-electron chi connectivity index (χ0n) is 11.2. The van der Waals surface area contributed by atoms with E-state index in [-0.39, 0.29) is 5.88 Å². The number of hydrogen-bond acceptors (Lipinski definition) is 6. The van der Waals surface area contributed by atoms with Gasteiger partial charge in [-0.2, -0.15) is 4.98 Å². The summed E-state index contributed by atoms with van der Waals surface area (Å²) in [6.45, 7) is 2.85. The topological polar surface area (TPSA) is 78.6 Å². The number of hydrogen-bond donors (Lipinski definition) is 0. The molecule has 1 saturated heterocycles. The summed E-state index contributed by atoms with van der Waals surface area (Å²) in [5.41, 5.74) is 1.73. The fourth-order valence-electron chi connectivity index (χ4n) is 2.89. The molecule has 0 atom stereocenters. The lowest BCUT2D eigenvalue weighted by atomic mass is 9.97. The lowest BCUT2D eigenvalue weighted by Gasteiger charge is -2.25. The van der Waals surface area contributed by atoms with Gasteiger partial charge in [-0.15, -0.1) is 5.10 Å². The van der Waals surface area contributed by atoms with Crippen molar-refractivity contribution in [2.24, 2.45) is 0 Å². The van der Waals surface area contributed by atoms with E-state index in [1.807, 2.05) is 4.90 Å². The van der Waals surface area contributed by atoms with Crippen LogP contribution in [-0.2, 0) is 17.6 Å². The van der Waals surface area contributed by atoms with Gasteiger partial charge in [0.05, 0.1) is 13.2 Å². The van der Waals surface area contributed by atoms with Crippen molar-refractivity contribution in [3.8, 4) is 5.88 Å². The Balaban J connectivity index is 1.80. The molecule has 0 bridgehead atoms. The largest absolute Gasteiger partial charge is 0.858 e. The van der Waals surface area contributed by atoms with Crippen molar-refractivity contribution in [3.05, 3.63) is 11.3 Å². The highest BCUT2D eigenvalue weighted by Gasteiger charge is 2.19. The number of aromatic nitrogens is 4. The summed E-state index contributed by atoms with van der Waals surface area (Å²) in [5, 5.41) is 16.8. The molecule has 7 heteroatoms. The van der Waals surface area contributed by atoms with Gasteiger partial charge in [-0.25, -0.2) is 9.50 Å². The van der Waals surface area contributed by atoms with Crippen LogP contribution in [0.15, 0.2) is 0 Å². The first kappa shape index (κ1) is 11.9. The Morgan fingerprint density at radius 3 is 2.70 bits per heavy atom. The van der Waals surface area contributed by atoms with Gasteiger partial charge in [-0.3, -0.25) is 0 Å². The number of nitrogens with zero attached hydrogens (tertiary/aromatic N) is 5. The summed E-state index contributed by atoms with van der Waals surface area (Å²) >= 11 is 0.